The molecule has 2 saturated heterocycles. The van der Waals surface area contributed by atoms with E-state index in [0.717, 1.165) is 25.7 Å². The minimum Gasteiger partial charge on any atom is -0.450 e. The molecular formula is C18H29N3O4. The molecule has 3 fully saturated rings. The van der Waals surface area contributed by atoms with E-state index in [2.05, 4.69) is 0 Å². The number of rotatable bonds is 3. The van der Waals surface area contributed by atoms with Gasteiger partial charge in [-0.1, -0.05) is 6.42 Å². The standard InChI is InChI=1S/C18H29N3O4/c1-2-25-18(24)21-12-10-20(11-13-21)17(23)15-6-8-19(9-7-15)16(22)14-4-3-5-14/h14-15H,2-13H2,1H3. The van der Waals surface area contributed by atoms with Crippen LogP contribution in [0.4, 0.5) is 4.79 Å². The van der Waals surface area contributed by atoms with Crippen molar-refractivity contribution in [2.45, 2.75) is 39.0 Å². The number of hydrogen-bond donors (Lipinski definition) is 0. The van der Waals surface area contributed by atoms with Crippen molar-refractivity contribution in [1.82, 2.24) is 14.7 Å². The Morgan fingerprint density at radius 1 is 0.760 bits per heavy atom. The van der Waals surface area contributed by atoms with Crippen molar-refractivity contribution in [3.63, 3.8) is 0 Å². The molecule has 0 aromatic carbocycles. The molecule has 0 bridgehead atoms. The highest BCUT2D eigenvalue weighted by molar-refractivity contribution is 5.81. The van der Waals surface area contributed by atoms with Gasteiger partial charge in [-0.15, -0.1) is 0 Å². The highest BCUT2D eigenvalue weighted by Crippen LogP contribution is 2.30. The summed E-state index contributed by atoms with van der Waals surface area (Å²) >= 11 is 0. The minimum atomic E-state index is -0.294. The summed E-state index contributed by atoms with van der Waals surface area (Å²) in [6.07, 6.45) is 4.45. The smallest absolute Gasteiger partial charge is 0.409 e. The lowest BCUT2D eigenvalue weighted by Gasteiger charge is -2.39. The molecule has 0 atom stereocenters. The molecular weight excluding hydrogens is 322 g/mol. The first-order valence-corrected chi connectivity index (χ1v) is 9.59. The first-order valence-electron chi connectivity index (χ1n) is 9.59. The summed E-state index contributed by atoms with van der Waals surface area (Å²) in [6.45, 7) is 5.77. The maximum atomic E-state index is 12.7. The SMILES string of the molecule is CCOC(=O)N1CCN(C(=O)C2CCN(C(=O)C3CCC3)CC2)CC1. The lowest BCUT2D eigenvalue weighted by atomic mass is 9.83. The van der Waals surface area contributed by atoms with Crippen molar-refractivity contribution in [3.05, 3.63) is 0 Å². The second-order valence-electron chi connectivity index (χ2n) is 7.24. The van der Waals surface area contributed by atoms with Crippen molar-refractivity contribution >= 4 is 17.9 Å². The number of nitrogens with zero attached hydrogens (tertiary/aromatic N) is 3. The van der Waals surface area contributed by atoms with E-state index in [-0.39, 0.29) is 23.8 Å². The van der Waals surface area contributed by atoms with Gasteiger partial charge in [0.05, 0.1) is 6.61 Å². The predicted molar refractivity (Wildman–Crippen MR) is 91.8 cm³/mol. The predicted octanol–water partition coefficient (Wildman–Crippen LogP) is 1.33. The van der Waals surface area contributed by atoms with Gasteiger partial charge in [0.15, 0.2) is 0 Å². The summed E-state index contributed by atoms with van der Waals surface area (Å²) < 4.78 is 5.01. The van der Waals surface area contributed by atoms with Crippen LogP contribution in [0, 0.1) is 11.8 Å². The number of likely N-dealkylation sites (tertiary alicyclic amines) is 1. The summed E-state index contributed by atoms with van der Waals surface area (Å²) in [5, 5.41) is 0. The Bertz CT molecular complexity index is 504. The normalized spacial score (nSPS) is 22.5. The fourth-order valence-electron chi connectivity index (χ4n) is 3.84. The number of amides is 3. The van der Waals surface area contributed by atoms with Crippen LogP contribution >= 0.6 is 0 Å². The Balaban J connectivity index is 1.42. The van der Waals surface area contributed by atoms with E-state index in [0.29, 0.717) is 51.8 Å². The van der Waals surface area contributed by atoms with Crippen molar-refractivity contribution in [1.29, 1.82) is 0 Å². The Morgan fingerprint density at radius 2 is 1.24 bits per heavy atom. The Labute approximate surface area is 149 Å². The third-order valence-electron chi connectivity index (χ3n) is 5.73. The summed E-state index contributed by atoms with van der Waals surface area (Å²) in [5.41, 5.74) is 0. The monoisotopic (exact) mass is 351 g/mol. The molecule has 140 valence electrons. The molecule has 0 radical (unpaired) electrons. The molecule has 0 aromatic heterocycles. The number of hydrogen-bond acceptors (Lipinski definition) is 4. The summed E-state index contributed by atoms with van der Waals surface area (Å²) in [5.74, 6) is 0.724. The van der Waals surface area contributed by atoms with Gasteiger partial charge in [0.25, 0.3) is 0 Å². The van der Waals surface area contributed by atoms with E-state index < -0.39 is 0 Å². The molecule has 25 heavy (non-hydrogen) atoms. The fourth-order valence-corrected chi connectivity index (χ4v) is 3.84. The van der Waals surface area contributed by atoms with Crippen LogP contribution in [0.15, 0.2) is 0 Å². The highest BCUT2D eigenvalue weighted by atomic mass is 16.6. The van der Waals surface area contributed by atoms with Crippen molar-refractivity contribution in [2.24, 2.45) is 11.8 Å². The average Bonchev–Trinajstić information content (AvgIpc) is 2.60. The van der Waals surface area contributed by atoms with Gasteiger partial charge in [0, 0.05) is 51.1 Å². The fraction of sp³-hybridized carbons (Fsp3) is 0.833. The van der Waals surface area contributed by atoms with Gasteiger partial charge in [0.1, 0.15) is 0 Å². The molecule has 7 nitrogen and oxygen atoms in total. The van der Waals surface area contributed by atoms with E-state index in [1.165, 1.54) is 6.42 Å². The first kappa shape index (κ1) is 18.0. The average molecular weight is 351 g/mol. The van der Waals surface area contributed by atoms with E-state index in [1.54, 1.807) is 11.8 Å². The molecule has 0 spiro atoms. The summed E-state index contributed by atoms with van der Waals surface area (Å²) in [4.78, 5) is 42.2. The second kappa shape index (κ2) is 8.06. The number of carbonyl (C=O) groups is 3. The number of piperidine rings is 1. The number of ether oxygens (including phenoxy) is 1. The molecule has 1 aliphatic carbocycles. The molecule has 0 aromatic rings. The van der Waals surface area contributed by atoms with Crippen molar-refractivity contribution in [2.75, 3.05) is 45.9 Å². The van der Waals surface area contributed by atoms with Gasteiger partial charge in [-0.2, -0.15) is 0 Å². The zero-order valence-corrected chi connectivity index (χ0v) is 15.1. The van der Waals surface area contributed by atoms with E-state index in [4.69, 9.17) is 4.74 Å². The Hall–Kier alpha value is -1.79. The summed E-state index contributed by atoms with van der Waals surface area (Å²) in [7, 11) is 0. The molecule has 2 aliphatic heterocycles. The minimum absolute atomic E-state index is 0.0135. The van der Waals surface area contributed by atoms with Crippen LogP contribution < -0.4 is 0 Å². The van der Waals surface area contributed by atoms with Gasteiger partial charge in [-0.25, -0.2) is 4.79 Å². The van der Waals surface area contributed by atoms with Crippen molar-refractivity contribution in [3.8, 4) is 0 Å². The Kier molecular flexibility index (Phi) is 5.81. The van der Waals surface area contributed by atoms with Crippen LogP contribution in [0.3, 0.4) is 0 Å². The van der Waals surface area contributed by atoms with Gasteiger partial charge < -0.3 is 19.4 Å². The largest absolute Gasteiger partial charge is 0.450 e. The van der Waals surface area contributed by atoms with Crippen LogP contribution in [-0.2, 0) is 14.3 Å². The molecule has 0 N–H and O–H groups in total. The lowest BCUT2D eigenvalue weighted by molar-refractivity contribution is -0.144. The quantitative estimate of drug-likeness (QED) is 0.769. The van der Waals surface area contributed by atoms with E-state index in [1.807, 2.05) is 9.80 Å². The van der Waals surface area contributed by atoms with Gasteiger partial charge in [0.2, 0.25) is 11.8 Å². The van der Waals surface area contributed by atoms with Crippen LogP contribution in [0.5, 0.6) is 0 Å². The first-order chi connectivity index (χ1) is 12.1. The molecule has 3 aliphatic rings. The maximum absolute atomic E-state index is 12.7. The van der Waals surface area contributed by atoms with E-state index in [9.17, 15) is 14.4 Å². The van der Waals surface area contributed by atoms with Gasteiger partial charge in [-0.3, -0.25) is 9.59 Å². The topological polar surface area (TPSA) is 70.2 Å². The molecule has 2 heterocycles. The highest BCUT2D eigenvalue weighted by Gasteiger charge is 2.35. The van der Waals surface area contributed by atoms with Crippen LogP contribution in [0.25, 0.3) is 0 Å². The van der Waals surface area contributed by atoms with Crippen molar-refractivity contribution < 1.29 is 19.1 Å². The van der Waals surface area contributed by atoms with Crippen LogP contribution in [-0.4, -0.2) is 78.5 Å². The van der Waals surface area contributed by atoms with Gasteiger partial charge >= 0.3 is 6.09 Å². The third kappa shape index (κ3) is 4.07. The van der Waals surface area contributed by atoms with Crippen LogP contribution in [0.2, 0.25) is 0 Å². The van der Waals surface area contributed by atoms with Gasteiger partial charge in [-0.05, 0) is 32.6 Å². The number of carbonyl (C=O) groups excluding carboxylic acids is 3. The number of piperazine rings is 1. The Morgan fingerprint density at radius 3 is 1.72 bits per heavy atom. The molecule has 3 amide bonds. The summed E-state index contributed by atoms with van der Waals surface area (Å²) in [6, 6.07) is 0. The maximum Gasteiger partial charge on any atom is 0.409 e. The third-order valence-corrected chi connectivity index (χ3v) is 5.73. The van der Waals surface area contributed by atoms with E-state index >= 15 is 0 Å². The molecule has 3 rings (SSSR count). The molecule has 1 saturated carbocycles. The lowest BCUT2D eigenvalue weighted by Crippen LogP contribution is -2.53. The van der Waals surface area contributed by atoms with Crippen LogP contribution in [0.1, 0.15) is 39.0 Å². The molecule has 7 heteroatoms. The zero-order valence-electron chi connectivity index (χ0n) is 15.1. The molecule has 0 unspecified atom stereocenters. The zero-order chi connectivity index (χ0) is 17.8. The second-order valence-corrected chi connectivity index (χ2v) is 7.24.